The van der Waals surface area contributed by atoms with Crippen LogP contribution in [0.4, 0.5) is 0 Å². The van der Waals surface area contributed by atoms with E-state index in [2.05, 4.69) is 4.90 Å². The molecule has 3 aliphatic heterocycles. The molecule has 4 rings (SSSR count). The van der Waals surface area contributed by atoms with Gasteiger partial charge in [-0.1, -0.05) is 24.3 Å². The summed E-state index contributed by atoms with van der Waals surface area (Å²) in [7, 11) is 0. The van der Waals surface area contributed by atoms with Crippen LogP contribution in [-0.4, -0.2) is 36.5 Å². The second-order valence-electron chi connectivity index (χ2n) is 4.63. The third-order valence-corrected chi connectivity index (χ3v) is 3.41. The van der Waals surface area contributed by atoms with Gasteiger partial charge < -0.3 is 4.74 Å². The predicted octanol–water partition coefficient (Wildman–Crippen LogP) is 1.47. The van der Waals surface area contributed by atoms with Gasteiger partial charge in [0.25, 0.3) is 0 Å². The Morgan fingerprint density at radius 2 is 2.00 bits per heavy atom. The van der Waals surface area contributed by atoms with Crippen LogP contribution in [0, 0.1) is 0 Å². The number of piperidine rings is 1. The third kappa shape index (κ3) is 1.77. The molecule has 0 aromatic heterocycles. The molecule has 0 aliphatic carbocycles. The van der Waals surface area contributed by atoms with Crippen molar-refractivity contribution in [1.82, 2.24) is 4.90 Å². The van der Waals surface area contributed by atoms with E-state index in [1.54, 1.807) is 0 Å². The lowest BCUT2D eigenvalue weighted by Gasteiger charge is -2.47. The van der Waals surface area contributed by atoms with Crippen LogP contribution < -0.4 is 0 Å². The monoisotopic (exact) mass is 217 g/mol. The molecule has 0 spiro atoms. The number of carbonyl (C=O) groups excluding carboxylic acids is 1. The number of hydrogen-bond donors (Lipinski definition) is 0. The molecule has 2 atom stereocenters. The molecule has 3 heterocycles. The van der Waals surface area contributed by atoms with Gasteiger partial charge in [0.15, 0.2) is 0 Å². The van der Waals surface area contributed by atoms with E-state index in [1.807, 2.05) is 24.3 Å². The van der Waals surface area contributed by atoms with Crippen molar-refractivity contribution in [1.29, 1.82) is 0 Å². The van der Waals surface area contributed by atoms with Crippen molar-refractivity contribution in [2.45, 2.75) is 25.2 Å². The molecule has 3 fully saturated rings. The molecule has 3 saturated heterocycles. The molecule has 2 bridgehead atoms. The zero-order valence-electron chi connectivity index (χ0n) is 9.13. The van der Waals surface area contributed by atoms with Crippen LogP contribution in [0.2, 0.25) is 0 Å². The SMILES string of the molecule is O=Cc1ccccc1CN1CC2CC(C1)O2. The highest BCUT2D eigenvalue weighted by molar-refractivity contribution is 5.77. The first kappa shape index (κ1) is 10.00. The molecule has 0 amide bonds. The highest BCUT2D eigenvalue weighted by Crippen LogP contribution is 2.28. The topological polar surface area (TPSA) is 29.5 Å². The van der Waals surface area contributed by atoms with E-state index >= 15 is 0 Å². The summed E-state index contributed by atoms with van der Waals surface area (Å²) in [5.41, 5.74) is 1.93. The minimum absolute atomic E-state index is 0.433. The van der Waals surface area contributed by atoms with Crippen molar-refractivity contribution in [2.75, 3.05) is 13.1 Å². The number of fused-ring (bicyclic) bond motifs is 2. The number of hydrogen-bond acceptors (Lipinski definition) is 3. The Kier molecular flexibility index (Phi) is 2.50. The van der Waals surface area contributed by atoms with Crippen molar-refractivity contribution in [3.8, 4) is 0 Å². The first-order chi connectivity index (χ1) is 7.85. The van der Waals surface area contributed by atoms with E-state index in [-0.39, 0.29) is 0 Å². The van der Waals surface area contributed by atoms with Gasteiger partial charge in [-0.2, -0.15) is 0 Å². The average Bonchev–Trinajstić information content (AvgIpc) is 2.29. The number of rotatable bonds is 3. The maximum Gasteiger partial charge on any atom is 0.150 e. The van der Waals surface area contributed by atoms with Crippen LogP contribution in [0.25, 0.3) is 0 Å². The number of morpholine rings is 1. The maximum atomic E-state index is 10.9. The Hall–Kier alpha value is -1.19. The van der Waals surface area contributed by atoms with Gasteiger partial charge in [-0.05, 0) is 5.56 Å². The van der Waals surface area contributed by atoms with Crippen molar-refractivity contribution >= 4 is 6.29 Å². The van der Waals surface area contributed by atoms with Crippen molar-refractivity contribution in [3.05, 3.63) is 35.4 Å². The summed E-state index contributed by atoms with van der Waals surface area (Å²) >= 11 is 0. The van der Waals surface area contributed by atoms with Crippen LogP contribution in [0.3, 0.4) is 0 Å². The molecule has 3 aliphatic rings. The fraction of sp³-hybridized carbons (Fsp3) is 0.462. The normalized spacial score (nSPS) is 28.5. The van der Waals surface area contributed by atoms with E-state index < -0.39 is 0 Å². The van der Waals surface area contributed by atoms with Gasteiger partial charge in [-0.15, -0.1) is 0 Å². The molecular formula is C13H15NO2. The number of benzene rings is 1. The second kappa shape index (κ2) is 4.00. The average molecular weight is 217 g/mol. The smallest absolute Gasteiger partial charge is 0.150 e. The van der Waals surface area contributed by atoms with Gasteiger partial charge in [-0.3, -0.25) is 9.69 Å². The Morgan fingerprint density at radius 1 is 1.31 bits per heavy atom. The van der Waals surface area contributed by atoms with Gasteiger partial charge in [0, 0.05) is 31.6 Å². The lowest BCUT2D eigenvalue weighted by Crippen LogP contribution is -2.56. The molecule has 1 aromatic carbocycles. The number of aldehydes is 1. The first-order valence-electron chi connectivity index (χ1n) is 5.76. The summed E-state index contributed by atoms with van der Waals surface area (Å²) in [6.45, 7) is 2.87. The fourth-order valence-corrected chi connectivity index (χ4v) is 2.60. The summed E-state index contributed by atoms with van der Waals surface area (Å²) in [4.78, 5) is 13.3. The van der Waals surface area contributed by atoms with Gasteiger partial charge in [-0.25, -0.2) is 0 Å². The summed E-state index contributed by atoms with van der Waals surface area (Å²) < 4.78 is 5.59. The summed E-state index contributed by atoms with van der Waals surface area (Å²) in [6.07, 6.45) is 3.02. The quantitative estimate of drug-likeness (QED) is 0.718. The molecule has 0 radical (unpaired) electrons. The molecule has 3 heteroatoms. The van der Waals surface area contributed by atoms with E-state index in [9.17, 15) is 4.79 Å². The van der Waals surface area contributed by atoms with E-state index in [0.29, 0.717) is 12.2 Å². The van der Waals surface area contributed by atoms with Crippen LogP contribution in [-0.2, 0) is 11.3 Å². The van der Waals surface area contributed by atoms with E-state index in [1.165, 1.54) is 6.42 Å². The second-order valence-corrected chi connectivity index (χ2v) is 4.63. The molecule has 0 saturated carbocycles. The molecule has 3 nitrogen and oxygen atoms in total. The van der Waals surface area contributed by atoms with Crippen LogP contribution in [0.1, 0.15) is 22.3 Å². The van der Waals surface area contributed by atoms with Gasteiger partial charge in [0.05, 0.1) is 12.2 Å². The third-order valence-electron chi connectivity index (χ3n) is 3.41. The number of carbonyl (C=O) groups is 1. The van der Waals surface area contributed by atoms with Crippen LogP contribution >= 0.6 is 0 Å². The Morgan fingerprint density at radius 3 is 2.69 bits per heavy atom. The zero-order valence-corrected chi connectivity index (χ0v) is 9.13. The van der Waals surface area contributed by atoms with Crippen molar-refractivity contribution in [2.24, 2.45) is 0 Å². The predicted molar refractivity (Wildman–Crippen MR) is 60.4 cm³/mol. The Labute approximate surface area is 95.0 Å². The Balaban J connectivity index is 1.71. The molecule has 0 N–H and O–H groups in total. The molecule has 16 heavy (non-hydrogen) atoms. The number of nitrogens with zero attached hydrogens (tertiary/aromatic N) is 1. The molecule has 84 valence electrons. The largest absolute Gasteiger partial charge is 0.372 e. The lowest BCUT2D eigenvalue weighted by atomic mass is 9.97. The van der Waals surface area contributed by atoms with E-state index in [0.717, 1.165) is 37.0 Å². The summed E-state index contributed by atoms with van der Waals surface area (Å²) in [6, 6.07) is 7.81. The lowest BCUT2D eigenvalue weighted by molar-refractivity contribution is -0.182. The minimum atomic E-state index is 0.433. The van der Waals surface area contributed by atoms with E-state index in [4.69, 9.17) is 4.74 Å². The Bertz CT molecular complexity index is 389. The highest BCUT2D eigenvalue weighted by Gasteiger charge is 2.38. The van der Waals surface area contributed by atoms with Crippen LogP contribution in [0.5, 0.6) is 0 Å². The molecule has 1 aromatic rings. The standard InChI is InChI=1S/C13H15NO2/c15-9-11-4-2-1-3-10(11)6-14-7-12-5-13(8-14)16-12/h1-4,9,12-13H,5-8H2. The number of ether oxygens (including phenoxy) is 1. The zero-order chi connectivity index (χ0) is 11.0. The maximum absolute atomic E-state index is 10.9. The first-order valence-corrected chi connectivity index (χ1v) is 5.76. The van der Waals surface area contributed by atoms with Crippen LogP contribution in [0.15, 0.2) is 24.3 Å². The summed E-state index contributed by atoms with van der Waals surface area (Å²) in [5.74, 6) is 0. The van der Waals surface area contributed by atoms with Crippen molar-refractivity contribution < 1.29 is 9.53 Å². The fourth-order valence-electron chi connectivity index (χ4n) is 2.60. The van der Waals surface area contributed by atoms with Gasteiger partial charge in [0.1, 0.15) is 6.29 Å². The van der Waals surface area contributed by atoms with Gasteiger partial charge in [0.2, 0.25) is 0 Å². The molecular weight excluding hydrogens is 202 g/mol. The minimum Gasteiger partial charge on any atom is -0.372 e. The highest BCUT2D eigenvalue weighted by atomic mass is 16.5. The van der Waals surface area contributed by atoms with Crippen molar-refractivity contribution in [3.63, 3.8) is 0 Å². The molecule has 2 unspecified atom stereocenters. The van der Waals surface area contributed by atoms with Gasteiger partial charge >= 0.3 is 0 Å². The summed E-state index contributed by atoms with van der Waals surface area (Å²) in [5, 5.41) is 0.